The summed E-state index contributed by atoms with van der Waals surface area (Å²) in [5.74, 6) is -0.117. The molecular weight excluding hydrogens is 270 g/mol. The van der Waals surface area contributed by atoms with Crippen LogP contribution in [0.5, 0.6) is 0 Å². The van der Waals surface area contributed by atoms with Crippen LogP contribution in [0.1, 0.15) is 9.67 Å². The Morgan fingerprint density at radius 2 is 1.90 bits per heavy atom. The Bertz CT molecular complexity index is 711. The summed E-state index contributed by atoms with van der Waals surface area (Å²) in [6, 6.07) is 9.35. The third kappa shape index (κ3) is 2.73. The first-order valence-corrected chi connectivity index (χ1v) is 6.91. The minimum atomic E-state index is -0.117. The largest absolute Gasteiger partial charge is 0.320 e. The van der Waals surface area contributed by atoms with Gasteiger partial charge in [0.25, 0.3) is 5.91 Å². The number of hydrogen-bond acceptors (Lipinski definition) is 4. The van der Waals surface area contributed by atoms with Crippen LogP contribution in [0, 0.1) is 0 Å². The van der Waals surface area contributed by atoms with E-state index in [1.54, 1.807) is 30.9 Å². The Morgan fingerprint density at radius 1 is 1.05 bits per heavy atom. The molecule has 0 saturated heterocycles. The Morgan fingerprint density at radius 3 is 2.65 bits per heavy atom. The molecule has 0 aliphatic rings. The van der Waals surface area contributed by atoms with Crippen LogP contribution >= 0.6 is 11.3 Å². The number of carbonyl (C=O) groups excluding carboxylic acids is 1. The lowest BCUT2D eigenvalue weighted by molar-refractivity contribution is 0.103. The minimum Gasteiger partial charge on any atom is -0.320 e. The van der Waals surface area contributed by atoms with Gasteiger partial charge in [-0.3, -0.25) is 14.8 Å². The van der Waals surface area contributed by atoms with Crippen molar-refractivity contribution < 1.29 is 4.79 Å². The maximum Gasteiger partial charge on any atom is 0.265 e. The summed E-state index contributed by atoms with van der Waals surface area (Å²) >= 11 is 1.41. The third-order valence-corrected chi connectivity index (χ3v) is 3.62. The number of thiophene rings is 1. The highest BCUT2D eigenvalue weighted by atomic mass is 32.1. The number of amides is 1. The molecule has 0 radical (unpaired) electrons. The zero-order valence-electron chi connectivity index (χ0n) is 10.5. The molecule has 5 heteroatoms. The van der Waals surface area contributed by atoms with E-state index in [9.17, 15) is 4.79 Å². The number of carbonyl (C=O) groups is 1. The van der Waals surface area contributed by atoms with Gasteiger partial charge >= 0.3 is 0 Å². The fourth-order valence-corrected chi connectivity index (χ4v) is 2.43. The van der Waals surface area contributed by atoms with E-state index in [2.05, 4.69) is 15.3 Å². The molecule has 3 heterocycles. The first kappa shape index (κ1) is 12.5. The highest BCUT2D eigenvalue weighted by Gasteiger charge is 2.07. The van der Waals surface area contributed by atoms with E-state index in [0.29, 0.717) is 10.6 Å². The average Bonchev–Trinajstić information content (AvgIpc) is 3.03. The van der Waals surface area contributed by atoms with Gasteiger partial charge in [0.15, 0.2) is 0 Å². The molecule has 0 aliphatic heterocycles. The lowest BCUT2D eigenvalue weighted by Gasteiger charge is -2.06. The molecule has 3 aromatic rings. The number of nitrogens with zero attached hydrogens (tertiary/aromatic N) is 2. The number of hydrogen-bond donors (Lipinski definition) is 1. The van der Waals surface area contributed by atoms with E-state index < -0.39 is 0 Å². The van der Waals surface area contributed by atoms with Crippen LogP contribution in [0.15, 0.2) is 60.5 Å². The van der Waals surface area contributed by atoms with Crippen LogP contribution in [0.4, 0.5) is 5.69 Å². The summed E-state index contributed by atoms with van der Waals surface area (Å²) in [6.45, 7) is 0. The number of aromatic nitrogens is 2. The molecule has 20 heavy (non-hydrogen) atoms. The molecule has 0 atom stereocenters. The number of rotatable bonds is 3. The molecule has 0 spiro atoms. The smallest absolute Gasteiger partial charge is 0.265 e. The van der Waals surface area contributed by atoms with Gasteiger partial charge < -0.3 is 5.32 Å². The van der Waals surface area contributed by atoms with Crippen molar-refractivity contribution in [1.82, 2.24) is 9.97 Å². The van der Waals surface area contributed by atoms with E-state index in [0.717, 1.165) is 11.1 Å². The molecule has 3 aromatic heterocycles. The summed E-state index contributed by atoms with van der Waals surface area (Å²) in [5.41, 5.74) is 2.63. The Kier molecular flexibility index (Phi) is 3.52. The predicted molar refractivity (Wildman–Crippen MR) is 79.7 cm³/mol. The Balaban J connectivity index is 1.83. The molecular formula is C15H11N3OS. The van der Waals surface area contributed by atoms with Crippen molar-refractivity contribution in [1.29, 1.82) is 0 Å². The number of nitrogens with one attached hydrogen (secondary N) is 1. The number of pyridine rings is 2. The molecule has 0 unspecified atom stereocenters. The van der Waals surface area contributed by atoms with Crippen LogP contribution in [0.25, 0.3) is 11.1 Å². The summed E-state index contributed by atoms with van der Waals surface area (Å²) < 4.78 is 0. The van der Waals surface area contributed by atoms with Gasteiger partial charge in [0.2, 0.25) is 0 Å². The van der Waals surface area contributed by atoms with Crippen molar-refractivity contribution >= 4 is 22.9 Å². The molecule has 0 aliphatic carbocycles. The minimum absolute atomic E-state index is 0.117. The van der Waals surface area contributed by atoms with Crippen LogP contribution in [-0.2, 0) is 0 Å². The summed E-state index contributed by atoms with van der Waals surface area (Å²) in [7, 11) is 0. The molecule has 0 fully saturated rings. The lowest BCUT2D eigenvalue weighted by Crippen LogP contribution is -2.10. The van der Waals surface area contributed by atoms with Crippen molar-refractivity contribution in [3.63, 3.8) is 0 Å². The zero-order chi connectivity index (χ0) is 13.8. The van der Waals surface area contributed by atoms with Gasteiger partial charge in [-0.25, -0.2) is 0 Å². The van der Waals surface area contributed by atoms with E-state index in [1.807, 2.05) is 29.6 Å². The van der Waals surface area contributed by atoms with Crippen molar-refractivity contribution in [2.24, 2.45) is 0 Å². The van der Waals surface area contributed by atoms with Crippen LogP contribution in [0.3, 0.4) is 0 Å². The summed E-state index contributed by atoms with van der Waals surface area (Å²) in [4.78, 5) is 20.8. The maximum absolute atomic E-state index is 12.0. The highest BCUT2D eigenvalue weighted by molar-refractivity contribution is 7.12. The lowest BCUT2D eigenvalue weighted by atomic mass is 10.1. The molecule has 0 saturated carbocycles. The average molecular weight is 281 g/mol. The first-order chi connectivity index (χ1) is 9.83. The predicted octanol–water partition coefficient (Wildman–Crippen LogP) is 3.46. The summed E-state index contributed by atoms with van der Waals surface area (Å²) in [6.07, 6.45) is 6.85. The highest BCUT2D eigenvalue weighted by Crippen LogP contribution is 2.21. The topological polar surface area (TPSA) is 54.9 Å². The van der Waals surface area contributed by atoms with Crippen molar-refractivity contribution in [2.75, 3.05) is 5.32 Å². The van der Waals surface area contributed by atoms with Gasteiger partial charge in [-0.05, 0) is 35.2 Å². The molecule has 3 rings (SSSR count). The van der Waals surface area contributed by atoms with Gasteiger partial charge in [0.1, 0.15) is 0 Å². The van der Waals surface area contributed by atoms with Crippen LogP contribution < -0.4 is 5.32 Å². The van der Waals surface area contributed by atoms with Crippen LogP contribution in [0.2, 0.25) is 0 Å². The van der Waals surface area contributed by atoms with Gasteiger partial charge in [-0.1, -0.05) is 6.07 Å². The van der Waals surface area contributed by atoms with Crippen molar-refractivity contribution in [3.05, 3.63) is 65.4 Å². The zero-order valence-corrected chi connectivity index (χ0v) is 11.3. The fourth-order valence-electron chi connectivity index (χ4n) is 1.81. The Labute approximate surface area is 120 Å². The quantitative estimate of drug-likeness (QED) is 0.800. The molecule has 98 valence electrons. The fraction of sp³-hybridized carbons (Fsp3) is 0. The maximum atomic E-state index is 12.0. The van der Waals surface area contributed by atoms with Gasteiger partial charge in [0, 0.05) is 24.2 Å². The van der Waals surface area contributed by atoms with Crippen LogP contribution in [-0.4, -0.2) is 15.9 Å². The normalized spacial score (nSPS) is 10.2. The third-order valence-electron chi connectivity index (χ3n) is 2.75. The molecule has 0 aromatic carbocycles. The van der Waals surface area contributed by atoms with Gasteiger partial charge in [-0.15, -0.1) is 11.3 Å². The standard InChI is InChI=1S/C15H11N3OS/c19-15(14-2-1-7-20-14)18-13-8-12(9-17-10-13)11-3-5-16-6-4-11/h1-10H,(H,18,19). The molecule has 0 bridgehead atoms. The van der Waals surface area contributed by atoms with E-state index in [1.165, 1.54) is 11.3 Å². The second-order valence-corrected chi connectivity index (χ2v) is 5.08. The van der Waals surface area contributed by atoms with E-state index in [4.69, 9.17) is 0 Å². The molecule has 1 amide bonds. The molecule has 1 N–H and O–H groups in total. The monoisotopic (exact) mass is 281 g/mol. The Hall–Kier alpha value is -2.53. The number of anilines is 1. The summed E-state index contributed by atoms with van der Waals surface area (Å²) in [5, 5.41) is 4.72. The SMILES string of the molecule is O=C(Nc1cncc(-c2ccncc2)c1)c1cccs1. The van der Waals surface area contributed by atoms with E-state index >= 15 is 0 Å². The van der Waals surface area contributed by atoms with Crippen molar-refractivity contribution in [2.45, 2.75) is 0 Å². The second kappa shape index (κ2) is 5.63. The second-order valence-electron chi connectivity index (χ2n) is 4.13. The first-order valence-electron chi connectivity index (χ1n) is 6.03. The van der Waals surface area contributed by atoms with E-state index in [-0.39, 0.29) is 5.91 Å². The molecule has 4 nitrogen and oxygen atoms in total. The van der Waals surface area contributed by atoms with Crippen molar-refractivity contribution in [3.8, 4) is 11.1 Å². The van der Waals surface area contributed by atoms with Gasteiger partial charge in [0.05, 0.1) is 16.8 Å². The van der Waals surface area contributed by atoms with Gasteiger partial charge in [-0.2, -0.15) is 0 Å².